The molecule has 7 atom stereocenters. The largest absolute Gasteiger partial charge is 0.507 e. The highest BCUT2D eigenvalue weighted by atomic mass is 16.3. The first-order valence-corrected chi connectivity index (χ1v) is 11.7. The van der Waals surface area contributed by atoms with Crippen molar-refractivity contribution in [2.75, 3.05) is 6.54 Å². The van der Waals surface area contributed by atoms with E-state index in [1.165, 1.54) is 0 Å². The number of nitrogens with one attached hydrogen (secondary N) is 1. The fourth-order valence-corrected chi connectivity index (χ4v) is 6.04. The van der Waals surface area contributed by atoms with Gasteiger partial charge in [0.2, 0.25) is 5.91 Å². The van der Waals surface area contributed by atoms with Crippen molar-refractivity contribution in [2.45, 2.75) is 51.4 Å². The van der Waals surface area contributed by atoms with Crippen molar-refractivity contribution in [3.63, 3.8) is 0 Å². The molecule has 35 heavy (non-hydrogen) atoms. The Labute approximate surface area is 201 Å². The Hall–Kier alpha value is -2.95. The summed E-state index contributed by atoms with van der Waals surface area (Å²) >= 11 is 0. The van der Waals surface area contributed by atoms with Crippen LogP contribution in [0.3, 0.4) is 0 Å². The lowest BCUT2D eigenvalue weighted by Crippen LogP contribution is -2.72. The summed E-state index contributed by atoms with van der Waals surface area (Å²) in [6.07, 6.45) is -2.17. The topological polar surface area (TPSA) is 184 Å². The van der Waals surface area contributed by atoms with Crippen LogP contribution in [0, 0.1) is 29.6 Å². The minimum Gasteiger partial charge on any atom is -0.507 e. The number of benzene rings is 1. The van der Waals surface area contributed by atoms with Crippen molar-refractivity contribution in [1.29, 1.82) is 0 Å². The highest BCUT2D eigenvalue weighted by molar-refractivity contribution is 6.31. The molecule has 10 heteroatoms. The number of phenols is 1. The number of phenolic OH excluding ortho intramolecular Hbond substituents is 1. The van der Waals surface area contributed by atoms with E-state index in [2.05, 4.69) is 5.32 Å². The van der Waals surface area contributed by atoms with Gasteiger partial charge in [-0.25, -0.2) is 0 Å². The predicted molar refractivity (Wildman–Crippen MR) is 121 cm³/mol. The van der Waals surface area contributed by atoms with E-state index in [-0.39, 0.29) is 17.9 Å². The Bertz CT molecular complexity index is 1140. The van der Waals surface area contributed by atoms with E-state index in [4.69, 9.17) is 5.73 Å². The maximum absolute atomic E-state index is 13.6. The Balaban J connectivity index is 1.79. The van der Waals surface area contributed by atoms with Crippen LogP contribution in [0.2, 0.25) is 0 Å². The molecule has 3 aliphatic carbocycles. The quantitative estimate of drug-likeness (QED) is 0.346. The van der Waals surface area contributed by atoms with Gasteiger partial charge in [-0.15, -0.1) is 0 Å². The normalized spacial score (nSPS) is 34.5. The molecule has 0 heterocycles. The number of aromatic hydroxyl groups is 1. The number of primary amides is 1. The molecule has 1 aromatic rings. The van der Waals surface area contributed by atoms with Crippen molar-refractivity contribution >= 4 is 29.0 Å². The van der Waals surface area contributed by atoms with E-state index in [1.807, 2.05) is 13.8 Å². The van der Waals surface area contributed by atoms with E-state index < -0.39 is 76.8 Å². The molecule has 0 spiro atoms. The van der Waals surface area contributed by atoms with Gasteiger partial charge in [0.15, 0.2) is 34.7 Å². The van der Waals surface area contributed by atoms with Crippen molar-refractivity contribution in [1.82, 2.24) is 5.32 Å². The summed E-state index contributed by atoms with van der Waals surface area (Å²) in [5, 5.41) is 36.6. The molecule has 2 saturated carbocycles. The lowest BCUT2D eigenvalue weighted by Gasteiger charge is -2.52. The molecule has 6 N–H and O–H groups in total. The first-order chi connectivity index (χ1) is 16.3. The summed E-state index contributed by atoms with van der Waals surface area (Å²) in [5.74, 6) is -12.3. The third kappa shape index (κ3) is 3.54. The summed E-state index contributed by atoms with van der Waals surface area (Å²) in [7, 11) is 0. The summed E-state index contributed by atoms with van der Waals surface area (Å²) in [6, 6.07) is 3.34. The van der Waals surface area contributed by atoms with Crippen LogP contribution in [0.1, 0.15) is 54.6 Å². The van der Waals surface area contributed by atoms with Gasteiger partial charge < -0.3 is 26.4 Å². The fraction of sp³-hybridized carbons (Fsp3) is 0.560. The number of nitrogens with two attached hydrogens (primary N) is 1. The molecular formula is C25H30N2O8. The molecule has 1 aromatic carbocycles. The zero-order valence-corrected chi connectivity index (χ0v) is 19.8. The number of carbonyl (C=O) groups is 5. The molecule has 0 aliphatic heterocycles. The molecule has 2 fully saturated rings. The van der Waals surface area contributed by atoms with Gasteiger partial charge in [-0.3, -0.25) is 24.0 Å². The molecule has 0 bridgehead atoms. The molecule has 1 amide bonds. The van der Waals surface area contributed by atoms with Crippen LogP contribution in [-0.4, -0.2) is 62.6 Å². The second kappa shape index (κ2) is 8.61. The number of aliphatic hydroxyl groups is 2. The fourth-order valence-electron chi connectivity index (χ4n) is 6.04. The van der Waals surface area contributed by atoms with E-state index in [0.717, 1.165) is 0 Å². The number of rotatable bonds is 5. The molecule has 0 aromatic heterocycles. The predicted octanol–water partition coefficient (Wildman–Crippen LogP) is -0.396. The highest BCUT2D eigenvalue weighted by Crippen LogP contribution is 2.54. The first kappa shape index (κ1) is 25.2. The van der Waals surface area contributed by atoms with Crippen molar-refractivity contribution in [3.05, 3.63) is 28.8 Å². The zero-order chi connectivity index (χ0) is 26.0. The molecule has 4 rings (SSSR count). The number of carbonyl (C=O) groups excluding carboxylic acids is 5. The molecule has 188 valence electrons. The number of amides is 1. The molecule has 0 radical (unpaired) electrons. The monoisotopic (exact) mass is 486 g/mol. The average molecular weight is 487 g/mol. The van der Waals surface area contributed by atoms with Crippen LogP contribution in [0.4, 0.5) is 0 Å². The third-order valence-corrected chi connectivity index (χ3v) is 7.81. The van der Waals surface area contributed by atoms with E-state index in [9.17, 15) is 39.3 Å². The molecule has 0 saturated heterocycles. The summed E-state index contributed by atoms with van der Waals surface area (Å²) < 4.78 is 0. The Kier molecular flexibility index (Phi) is 6.19. The van der Waals surface area contributed by atoms with Crippen molar-refractivity contribution in [3.8, 4) is 5.75 Å². The van der Waals surface area contributed by atoms with Crippen LogP contribution in [0.5, 0.6) is 5.75 Å². The van der Waals surface area contributed by atoms with Crippen molar-refractivity contribution in [2.24, 2.45) is 35.3 Å². The summed E-state index contributed by atoms with van der Waals surface area (Å²) in [5.41, 5.74) is 3.05. The number of aliphatic hydroxyl groups excluding tert-OH is 1. The second-order valence-corrected chi connectivity index (χ2v) is 10.4. The lowest BCUT2D eigenvalue weighted by molar-refractivity contribution is -0.189. The van der Waals surface area contributed by atoms with Crippen LogP contribution in [-0.2, 0) is 25.7 Å². The number of ketones is 4. The smallest absolute Gasteiger partial charge is 0.235 e. The Morgan fingerprint density at radius 3 is 2.46 bits per heavy atom. The molecule has 10 nitrogen and oxygen atoms in total. The number of fused-ring (bicyclic) bond motifs is 3. The Morgan fingerprint density at radius 1 is 1.20 bits per heavy atom. The summed E-state index contributed by atoms with van der Waals surface area (Å²) in [6.45, 7) is 6.67. The molecular weight excluding hydrogens is 456 g/mol. The van der Waals surface area contributed by atoms with Crippen molar-refractivity contribution < 1.29 is 39.3 Å². The average Bonchev–Trinajstić information content (AvgIpc) is 2.77. The minimum atomic E-state index is -2.91. The number of hydrogen-bond acceptors (Lipinski definition) is 9. The standard InChI is InChI=1S/C25H30N2O8/c1-9(2)7-27-8-11-4-5-12-10(3)15-18(21(31)16(12)19(11)29)23(33)25(35)13(20(15)30)6-14(28)17(22(25)32)24(26)34/h4-5,9-10,13,15,17-18,20,27,29-30,35H,6-8H2,1-3H3,(H2,26,34)/t10-,13+,15+,17?,18?,20+,25+/m0/s1. The van der Waals surface area contributed by atoms with Crippen LogP contribution < -0.4 is 11.1 Å². The van der Waals surface area contributed by atoms with Gasteiger partial charge in [0, 0.05) is 30.4 Å². The van der Waals surface area contributed by atoms with E-state index in [0.29, 0.717) is 23.6 Å². The van der Waals surface area contributed by atoms with Gasteiger partial charge in [0.25, 0.3) is 0 Å². The SMILES string of the molecule is CC(C)CNCc1ccc2c(c1O)C(=O)C1C(=O)[C@]3(O)C(=O)C(C(N)=O)C(=O)C[C@@H]3[C@@H](O)[C@@H]1[C@H]2C. The minimum absolute atomic E-state index is 0.0871. The first-order valence-electron chi connectivity index (χ1n) is 11.7. The maximum atomic E-state index is 13.6. The van der Waals surface area contributed by atoms with Gasteiger partial charge >= 0.3 is 0 Å². The van der Waals surface area contributed by atoms with Crippen LogP contribution in [0.25, 0.3) is 0 Å². The van der Waals surface area contributed by atoms with Crippen LogP contribution >= 0.6 is 0 Å². The van der Waals surface area contributed by atoms with Crippen LogP contribution in [0.15, 0.2) is 12.1 Å². The lowest BCUT2D eigenvalue weighted by atomic mass is 9.50. The number of Topliss-reactive ketones (excluding diaryl/α,β-unsaturated/α-hetero) is 4. The van der Waals surface area contributed by atoms with Gasteiger partial charge in [-0.05, 0) is 23.9 Å². The highest BCUT2D eigenvalue weighted by Gasteiger charge is 2.69. The molecule has 3 aliphatic rings. The summed E-state index contributed by atoms with van der Waals surface area (Å²) in [4.78, 5) is 64.4. The van der Waals surface area contributed by atoms with E-state index in [1.54, 1.807) is 19.1 Å². The van der Waals surface area contributed by atoms with Gasteiger partial charge in [-0.1, -0.05) is 32.9 Å². The third-order valence-electron chi connectivity index (χ3n) is 7.81. The number of hydrogen-bond donors (Lipinski definition) is 5. The molecule has 2 unspecified atom stereocenters. The van der Waals surface area contributed by atoms with E-state index >= 15 is 0 Å². The Morgan fingerprint density at radius 2 is 1.86 bits per heavy atom. The maximum Gasteiger partial charge on any atom is 0.235 e. The zero-order valence-electron chi connectivity index (χ0n) is 19.8. The van der Waals surface area contributed by atoms with Gasteiger partial charge in [0.05, 0.1) is 17.6 Å². The van der Waals surface area contributed by atoms with Gasteiger partial charge in [-0.2, -0.15) is 0 Å². The second-order valence-electron chi connectivity index (χ2n) is 10.4. The van der Waals surface area contributed by atoms with Gasteiger partial charge in [0.1, 0.15) is 5.75 Å².